The molecule has 0 bridgehead atoms. The van der Waals surface area contributed by atoms with Gasteiger partial charge in [-0.2, -0.15) is 0 Å². The molecule has 0 heterocycles. The topological polar surface area (TPSA) is 114 Å². The summed E-state index contributed by atoms with van der Waals surface area (Å²) < 4.78 is 36.9. The fourth-order valence-corrected chi connectivity index (χ4v) is 4.44. The number of carbonyl (C=O) groups excluding carboxylic acids is 1. The van der Waals surface area contributed by atoms with Gasteiger partial charge in [0.25, 0.3) is 5.91 Å². The number of nitrogens with one attached hydrogen (secondary N) is 2. The molecule has 0 aromatic heterocycles. The Morgan fingerprint density at radius 1 is 1.00 bits per heavy atom. The lowest BCUT2D eigenvalue weighted by Crippen LogP contribution is -2.33. The lowest BCUT2D eigenvalue weighted by atomic mass is 9.76. The maximum Gasteiger partial charge on any atom is 0.265 e. The summed E-state index contributed by atoms with van der Waals surface area (Å²) in [6.07, 6.45) is 2.62. The summed E-state index contributed by atoms with van der Waals surface area (Å²) in [5.41, 5.74) is 2.99. The Morgan fingerprint density at radius 2 is 1.64 bits per heavy atom. The predicted octanol–water partition coefficient (Wildman–Crippen LogP) is 5.80. The van der Waals surface area contributed by atoms with Gasteiger partial charge in [-0.15, -0.1) is 0 Å². The van der Waals surface area contributed by atoms with Gasteiger partial charge in [-0.05, 0) is 60.3 Å². The zero-order chi connectivity index (χ0) is 29.6. The summed E-state index contributed by atoms with van der Waals surface area (Å²) in [5, 5.41) is 13.3. The van der Waals surface area contributed by atoms with Gasteiger partial charge in [0.05, 0.1) is 11.9 Å². The number of aryl methyl sites for hydroxylation is 1. The zero-order valence-corrected chi connectivity index (χ0v) is 25.7. The van der Waals surface area contributed by atoms with Crippen molar-refractivity contribution < 1.29 is 27.8 Å². The fourth-order valence-electron chi connectivity index (χ4n) is 3.98. The highest BCUT2D eigenvalue weighted by atomic mass is 32.2. The quantitative estimate of drug-likeness (QED) is 0.198. The van der Waals surface area contributed by atoms with Crippen molar-refractivity contribution in [3.05, 3.63) is 47.0 Å². The first-order valence-corrected chi connectivity index (χ1v) is 15.5. The molecule has 0 spiro atoms. The Bertz CT molecular complexity index is 1250. The van der Waals surface area contributed by atoms with E-state index in [1.54, 1.807) is 6.92 Å². The second kappa shape index (κ2) is 13.0. The third-order valence-corrected chi connectivity index (χ3v) is 8.19. The summed E-state index contributed by atoms with van der Waals surface area (Å²) in [7, 11) is -3.32. The largest absolute Gasteiger partial charge is 0.506 e. The molecule has 39 heavy (non-hydrogen) atoms. The van der Waals surface area contributed by atoms with Gasteiger partial charge in [0.2, 0.25) is 10.0 Å². The SMILES string of the molecule is CCC(Oc1ccc(C(C)(C)CC)cc1C(C)(C)CC)C(=O)Nc1cc(OCCNS(C)(=O)=O)c(C)cc1O. The van der Waals surface area contributed by atoms with Gasteiger partial charge >= 0.3 is 0 Å². The van der Waals surface area contributed by atoms with E-state index in [9.17, 15) is 18.3 Å². The predicted molar refractivity (Wildman–Crippen MR) is 158 cm³/mol. The Balaban J connectivity index is 2.28. The van der Waals surface area contributed by atoms with Crippen LogP contribution in [0.1, 0.15) is 84.4 Å². The van der Waals surface area contributed by atoms with Gasteiger partial charge in [-0.1, -0.05) is 60.6 Å². The lowest BCUT2D eigenvalue weighted by molar-refractivity contribution is -0.122. The number of phenols is 1. The number of carbonyl (C=O) groups is 1. The molecule has 0 aliphatic rings. The molecule has 0 fully saturated rings. The molecule has 0 aliphatic heterocycles. The van der Waals surface area contributed by atoms with Crippen LogP contribution in [-0.4, -0.2) is 44.9 Å². The molecule has 3 N–H and O–H groups in total. The zero-order valence-electron chi connectivity index (χ0n) is 24.9. The van der Waals surface area contributed by atoms with Crippen molar-refractivity contribution in [1.29, 1.82) is 0 Å². The van der Waals surface area contributed by atoms with Crippen LogP contribution >= 0.6 is 0 Å². The normalized spacial score (nSPS) is 13.2. The maximum absolute atomic E-state index is 13.3. The van der Waals surface area contributed by atoms with Crippen LogP contribution in [0.25, 0.3) is 0 Å². The van der Waals surface area contributed by atoms with Crippen LogP contribution in [-0.2, 0) is 25.6 Å². The second-order valence-corrected chi connectivity index (χ2v) is 13.2. The van der Waals surface area contributed by atoms with Crippen LogP contribution in [0.3, 0.4) is 0 Å². The molecule has 1 unspecified atom stereocenters. The van der Waals surface area contributed by atoms with E-state index in [1.807, 2.05) is 13.0 Å². The summed E-state index contributed by atoms with van der Waals surface area (Å²) in [6, 6.07) is 9.28. The monoisotopic (exact) mass is 562 g/mol. The van der Waals surface area contributed by atoms with Crippen LogP contribution < -0.4 is 19.5 Å². The number of amides is 1. The molecule has 218 valence electrons. The van der Waals surface area contributed by atoms with Crippen molar-refractivity contribution in [1.82, 2.24) is 4.72 Å². The van der Waals surface area contributed by atoms with Gasteiger partial charge in [0.1, 0.15) is 23.9 Å². The average Bonchev–Trinajstić information content (AvgIpc) is 2.86. The van der Waals surface area contributed by atoms with Crippen LogP contribution in [0.4, 0.5) is 5.69 Å². The van der Waals surface area contributed by atoms with Crippen molar-refractivity contribution in [3.8, 4) is 17.2 Å². The number of sulfonamides is 1. The highest BCUT2D eigenvalue weighted by Gasteiger charge is 2.29. The number of aromatic hydroxyl groups is 1. The van der Waals surface area contributed by atoms with Gasteiger partial charge in [-0.25, -0.2) is 13.1 Å². The lowest BCUT2D eigenvalue weighted by Gasteiger charge is -2.31. The van der Waals surface area contributed by atoms with E-state index in [2.05, 4.69) is 63.7 Å². The molecule has 1 amide bonds. The van der Waals surface area contributed by atoms with Gasteiger partial charge in [0.15, 0.2) is 6.10 Å². The first-order chi connectivity index (χ1) is 18.0. The minimum Gasteiger partial charge on any atom is -0.506 e. The average molecular weight is 563 g/mol. The minimum atomic E-state index is -3.32. The molecule has 1 atom stereocenters. The van der Waals surface area contributed by atoms with E-state index < -0.39 is 16.1 Å². The van der Waals surface area contributed by atoms with E-state index >= 15 is 0 Å². The molecular weight excluding hydrogens is 516 g/mol. The van der Waals surface area contributed by atoms with Gasteiger partial charge < -0.3 is 19.9 Å². The van der Waals surface area contributed by atoms with Crippen LogP contribution in [0.15, 0.2) is 30.3 Å². The van der Waals surface area contributed by atoms with Crippen molar-refractivity contribution in [2.45, 2.75) is 91.6 Å². The van der Waals surface area contributed by atoms with E-state index in [-0.39, 0.29) is 41.3 Å². The minimum absolute atomic E-state index is 0.0161. The number of anilines is 1. The Hall–Kier alpha value is -2.78. The van der Waals surface area contributed by atoms with Gasteiger partial charge in [-0.3, -0.25) is 4.79 Å². The van der Waals surface area contributed by atoms with E-state index in [0.717, 1.165) is 24.7 Å². The molecule has 2 aromatic carbocycles. The maximum atomic E-state index is 13.3. The van der Waals surface area contributed by atoms with Crippen molar-refractivity contribution in [3.63, 3.8) is 0 Å². The number of hydrogen-bond donors (Lipinski definition) is 3. The van der Waals surface area contributed by atoms with Crippen LogP contribution in [0.5, 0.6) is 17.2 Å². The van der Waals surface area contributed by atoms with Crippen LogP contribution in [0, 0.1) is 6.92 Å². The van der Waals surface area contributed by atoms with Gasteiger partial charge in [0, 0.05) is 18.2 Å². The molecular formula is C30H46N2O6S. The summed E-state index contributed by atoms with van der Waals surface area (Å²) >= 11 is 0. The molecule has 0 radical (unpaired) electrons. The Kier molecular flexibility index (Phi) is 10.9. The second-order valence-electron chi connectivity index (χ2n) is 11.3. The highest BCUT2D eigenvalue weighted by molar-refractivity contribution is 7.88. The van der Waals surface area contributed by atoms with Crippen LogP contribution in [0.2, 0.25) is 0 Å². The third kappa shape index (κ3) is 8.86. The number of hydrogen-bond acceptors (Lipinski definition) is 6. The standard InChI is InChI=1S/C30H46N2O6S/c1-10-25(38-26-14-13-21(29(5,6)11-2)18-22(26)30(7,8)12-3)28(34)32-23-19-27(20(4)17-24(23)33)37-16-15-31-39(9,35)36/h13-14,17-19,25,31,33H,10-12,15-16H2,1-9H3,(H,32,34). The summed E-state index contributed by atoms with van der Waals surface area (Å²) in [4.78, 5) is 13.3. The molecule has 0 aliphatic carbocycles. The Labute approximate surface area is 234 Å². The van der Waals surface area contributed by atoms with Crippen molar-refractivity contribution in [2.75, 3.05) is 24.7 Å². The number of benzene rings is 2. The highest BCUT2D eigenvalue weighted by Crippen LogP contribution is 2.39. The molecule has 0 saturated heterocycles. The van der Waals surface area contributed by atoms with Crippen molar-refractivity contribution in [2.24, 2.45) is 0 Å². The summed E-state index contributed by atoms with van der Waals surface area (Å²) in [6.45, 7) is 16.9. The molecule has 2 rings (SSSR count). The fraction of sp³-hybridized carbons (Fsp3) is 0.567. The first kappa shape index (κ1) is 32.4. The molecule has 9 heteroatoms. The number of ether oxygens (including phenoxy) is 2. The molecule has 8 nitrogen and oxygen atoms in total. The van der Waals surface area contributed by atoms with E-state index in [4.69, 9.17) is 9.47 Å². The molecule has 2 aromatic rings. The van der Waals surface area contributed by atoms with E-state index in [0.29, 0.717) is 23.5 Å². The number of phenolic OH excluding ortho intramolecular Hbond substituents is 1. The van der Waals surface area contributed by atoms with Crippen molar-refractivity contribution >= 4 is 21.6 Å². The van der Waals surface area contributed by atoms with E-state index in [1.165, 1.54) is 17.7 Å². The summed E-state index contributed by atoms with van der Waals surface area (Å²) in [5.74, 6) is 0.611. The Morgan fingerprint density at radius 3 is 2.21 bits per heavy atom. The number of rotatable bonds is 14. The molecule has 0 saturated carbocycles. The first-order valence-electron chi connectivity index (χ1n) is 13.6. The third-order valence-electron chi connectivity index (χ3n) is 7.47. The smallest absolute Gasteiger partial charge is 0.265 e.